The molecule has 21 heavy (non-hydrogen) atoms. The van der Waals surface area contributed by atoms with Gasteiger partial charge in [-0.25, -0.2) is 4.98 Å². The molecule has 0 spiro atoms. The third kappa shape index (κ3) is 3.91. The van der Waals surface area contributed by atoms with Crippen molar-refractivity contribution in [1.82, 2.24) is 10.3 Å². The number of anilines is 1. The van der Waals surface area contributed by atoms with E-state index >= 15 is 0 Å². The van der Waals surface area contributed by atoms with Crippen molar-refractivity contribution < 1.29 is 4.92 Å². The van der Waals surface area contributed by atoms with E-state index in [-0.39, 0.29) is 5.69 Å². The minimum absolute atomic E-state index is 0.0549. The Morgan fingerprint density at radius 2 is 2.33 bits per heavy atom. The monoisotopic (exact) mass is 292 g/mol. The third-order valence-corrected chi connectivity index (χ3v) is 4.00. The van der Waals surface area contributed by atoms with Gasteiger partial charge in [-0.05, 0) is 58.2 Å². The van der Waals surface area contributed by atoms with Gasteiger partial charge in [0.1, 0.15) is 12.0 Å². The van der Waals surface area contributed by atoms with Gasteiger partial charge in [-0.1, -0.05) is 0 Å². The van der Waals surface area contributed by atoms with E-state index in [1.54, 1.807) is 6.07 Å². The van der Waals surface area contributed by atoms with Crippen molar-refractivity contribution in [2.45, 2.75) is 39.7 Å². The molecule has 116 valence electrons. The van der Waals surface area contributed by atoms with Crippen molar-refractivity contribution in [3.8, 4) is 0 Å². The number of aromatic nitrogens is 1. The zero-order valence-corrected chi connectivity index (χ0v) is 13.0. The smallest absolute Gasteiger partial charge is 0.287 e. The number of nitrogens with one attached hydrogen (secondary N) is 1. The van der Waals surface area contributed by atoms with Gasteiger partial charge in [-0.2, -0.15) is 0 Å². The van der Waals surface area contributed by atoms with Crippen LogP contribution in [-0.2, 0) is 0 Å². The lowest BCUT2D eigenvalue weighted by atomic mass is 9.98. The molecule has 1 fully saturated rings. The van der Waals surface area contributed by atoms with Crippen LogP contribution in [0.2, 0.25) is 0 Å². The lowest BCUT2D eigenvalue weighted by molar-refractivity contribution is -0.385. The molecule has 6 nitrogen and oxygen atoms in total. The van der Waals surface area contributed by atoms with Gasteiger partial charge in [0.05, 0.1) is 4.92 Å². The molecule has 2 rings (SSSR count). The van der Waals surface area contributed by atoms with Crippen molar-refractivity contribution >= 4 is 11.5 Å². The number of pyridine rings is 1. The number of hydrogen-bond donors (Lipinski definition) is 1. The van der Waals surface area contributed by atoms with Crippen molar-refractivity contribution in [2.75, 3.05) is 24.5 Å². The van der Waals surface area contributed by atoms with Crippen LogP contribution in [0.4, 0.5) is 11.5 Å². The Hall–Kier alpha value is -1.69. The van der Waals surface area contributed by atoms with E-state index in [9.17, 15) is 10.1 Å². The Balaban J connectivity index is 2.19. The van der Waals surface area contributed by atoms with Gasteiger partial charge in [0.2, 0.25) is 0 Å². The first kappa shape index (κ1) is 15.7. The van der Waals surface area contributed by atoms with E-state index in [0.29, 0.717) is 12.0 Å². The fraction of sp³-hybridized carbons (Fsp3) is 0.667. The summed E-state index contributed by atoms with van der Waals surface area (Å²) in [5.41, 5.74) is 0.918. The van der Waals surface area contributed by atoms with Crippen molar-refractivity contribution in [3.05, 3.63) is 27.9 Å². The number of piperidine rings is 1. The Kier molecular flexibility index (Phi) is 5.12. The number of aryl methyl sites for hydroxylation is 1. The standard InChI is InChI=1S/C15H24N4O2/c1-11(2)18(10-13-5-4-6-16-8-13)15-12(3)7-14(9-17-15)19(20)21/h7,9,11,13,16H,4-6,8,10H2,1-3H3. The van der Waals surface area contributed by atoms with Gasteiger partial charge in [-0.3, -0.25) is 10.1 Å². The van der Waals surface area contributed by atoms with E-state index < -0.39 is 4.92 Å². The van der Waals surface area contributed by atoms with E-state index in [2.05, 4.69) is 29.0 Å². The topological polar surface area (TPSA) is 71.3 Å². The summed E-state index contributed by atoms with van der Waals surface area (Å²) in [6, 6.07) is 1.93. The summed E-state index contributed by atoms with van der Waals surface area (Å²) in [6.07, 6.45) is 3.79. The molecule has 0 bridgehead atoms. The molecule has 6 heteroatoms. The van der Waals surface area contributed by atoms with Gasteiger partial charge in [0, 0.05) is 18.7 Å². The highest BCUT2D eigenvalue weighted by Crippen LogP contribution is 2.25. The molecule has 1 N–H and O–H groups in total. The first-order valence-corrected chi connectivity index (χ1v) is 7.57. The van der Waals surface area contributed by atoms with Crippen LogP contribution in [0.3, 0.4) is 0 Å². The minimum Gasteiger partial charge on any atom is -0.354 e. The van der Waals surface area contributed by atoms with Crippen LogP contribution in [0, 0.1) is 23.0 Å². The van der Waals surface area contributed by atoms with Gasteiger partial charge < -0.3 is 10.2 Å². The summed E-state index contributed by atoms with van der Waals surface area (Å²) in [4.78, 5) is 17.0. The molecule has 1 aromatic heterocycles. The van der Waals surface area contributed by atoms with Crippen molar-refractivity contribution in [3.63, 3.8) is 0 Å². The van der Waals surface area contributed by atoms with Crippen LogP contribution in [-0.4, -0.2) is 35.6 Å². The molecule has 1 atom stereocenters. The predicted molar refractivity (Wildman–Crippen MR) is 83.7 cm³/mol. The maximum Gasteiger partial charge on any atom is 0.287 e. The van der Waals surface area contributed by atoms with Crippen LogP contribution < -0.4 is 10.2 Å². The molecule has 0 saturated carbocycles. The Bertz CT molecular complexity index is 498. The van der Waals surface area contributed by atoms with Crippen LogP contribution in [0.15, 0.2) is 12.3 Å². The van der Waals surface area contributed by atoms with Gasteiger partial charge >= 0.3 is 0 Å². The van der Waals surface area contributed by atoms with E-state index in [4.69, 9.17) is 0 Å². The second-order valence-electron chi connectivity index (χ2n) is 6.05. The lowest BCUT2D eigenvalue weighted by Gasteiger charge is -2.34. The highest BCUT2D eigenvalue weighted by atomic mass is 16.6. The molecule has 1 aliphatic rings. The molecule has 0 aliphatic carbocycles. The summed E-state index contributed by atoms with van der Waals surface area (Å²) in [5.74, 6) is 1.47. The SMILES string of the molecule is Cc1cc([N+](=O)[O-])cnc1N(CC1CCCNC1)C(C)C. The van der Waals surface area contributed by atoms with E-state index in [0.717, 1.165) is 31.0 Å². The second-order valence-corrected chi connectivity index (χ2v) is 6.05. The summed E-state index contributed by atoms with van der Waals surface area (Å²) in [7, 11) is 0. The molecule has 2 heterocycles. The van der Waals surface area contributed by atoms with Crippen molar-refractivity contribution in [2.24, 2.45) is 5.92 Å². The van der Waals surface area contributed by atoms with Crippen LogP contribution in [0.5, 0.6) is 0 Å². The maximum atomic E-state index is 10.8. The Morgan fingerprint density at radius 3 is 2.86 bits per heavy atom. The fourth-order valence-corrected chi connectivity index (χ4v) is 2.85. The van der Waals surface area contributed by atoms with Crippen molar-refractivity contribution in [1.29, 1.82) is 0 Å². The van der Waals surface area contributed by atoms with Crippen LogP contribution in [0.25, 0.3) is 0 Å². The van der Waals surface area contributed by atoms with Crippen LogP contribution >= 0.6 is 0 Å². The normalized spacial score (nSPS) is 18.8. The van der Waals surface area contributed by atoms with E-state index in [1.165, 1.54) is 19.0 Å². The Morgan fingerprint density at radius 1 is 1.57 bits per heavy atom. The van der Waals surface area contributed by atoms with Crippen LogP contribution in [0.1, 0.15) is 32.3 Å². The fourth-order valence-electron chi connectivity index (χ4n) is 2.85. The first-order chi connectivity index (χ1) is 9.99. The average molecular weight is 292 g/mol. The Labute approximate surface area is 125 Å². The van der Waals surface area contributed by atoms with Gasteiger partial charge in [-0.15, -0.1) is 0 Å². The number of nitro groups is 1. The largest absolute Gasteiger partial charge is 0.354 e. The zero-order valence-electron chi connectivity index (χ0n) is 13.0. The van der Waals surface area contributed by atoms with Gasteiger partial charge in [0.15, 0.2) is 0 Å². The average Bonchev–Trinajstić information content (AvgIpc) is 2.46. The summed E-state index contributed by atoms with van der Waals surface area (Å²) in [6.45, 7) is 9.25. The summed E-state index contributed by atoms with van der Waals surface area (Å²) in [5, 5.41) is 14.3. The second kappa shape index (κ2) is 6.85. The maximum absolute atomic E-state index is 10.8. The highest BCUT2D eigenvalue weighted by molar-refractivity contribution is 5.51. The molecule has 1 unspecified atom stereocenters. The number of nitrogens with zero attached hydrogens (tertiary/aromatic N) is 3. The number of hydrogen-bond acceptors (Lipinski definition) is 5. The summed E-state index contributed by atoms with van der Waals surface area (Å²) < 4.78 is 0. The molecule has 1 aliphatic heterocycles. The van der Waals surface area contributed by atoms with E-state index in [1.807, 2.05) is 6.92 Å². The molecule has 0 aromatic carbocycles. The first-order valence-electron chi connectivity index (χ1n) is 7.57. The minimum atomic E-state index is -0.394. The molecular formula is C15H24N4O2. The highest BCUT2D eigenvalue weighted by Gasteiger charge is 2.22. The summed E-state index contributed by atoms with van der Waals surface area (Å²) >= 11 is 0. The molecule has 1 aromatic rings. The number of rotatable bonds is 5. The molecule has 0 radical (unpaired) electrons. The quantitative estimate of drug-likeness (QED) is 0.667. The lowest BCUT2D eigenvalue weighted by Crippen LogP contribution is -2.42. The zero-order chi connectivity index (χ0) is 15.4. The molecular weight excluding hydrogens is 268 g/mol. The molecule has 1 saturated heterocycles. The third-order valence-electron chi connectivity index (χ3n) is 4.00. The predicted octanol–water partition coefficient (Wildman–Crippen LogP) is 2.51. The molecule has 0 amide bonds. The van der Waals surface area contributed by atoms with Gasteiger partial charge in [0.25, 0.3) is 5.69 Å².